The summed E-state index contributed by atoms with van der Waals surface area (Å²) in [6, 6.07) is 15.8. The maximum atomic E-state index is 12.9. The van der Waals surface area contributed by atoms with Gasteiger partial charge in [-0.1, -0.05) is 73.1 Å². The Labute approximate surface area is 176 Å². The van der Waals surface area contributed by atoms with Crippen LogP contribution in [0.1, 0.15) is 61.5 Å². The number of carbonyl (C=O) groups is 2. The third kappa shape index (κ3) is 5.78. The molecule has 0 spiro atoms. The lowest BCUT2D eigenvalue weighted by Crippen LogP contribution is -2.31. The molecule has 4 heteroatoms. The third-order valence-corrected chi connectivity index (χ3v) is 5.65. The number of ketones is 1. The molecule has 3 rings (SSSR count). The smallest absolute Gasteiger partial charge is 0.226 e. The summed E-state index contributed by atoms with van der Waals surface area (Å²) in [6.07, 6.45) is 2.47. The zero-order valence-electron chi connectivity index (χ0n) is 16.9. The molecule has 1 amide bonds. The monoisotopic (exact) mass is 441 g/mol. The minimum absolute atomic E-state index is 0.0500. The Morgan fingerprint density at radius 2 is 1.71 bits per heavy atom. The minimum Gasteiger partial charge on any atom is -0.334 e. The van der Waals surface area contributed by atoms with E-state index < -0.39 is 0 Å². The highest BCUT2D eigenvalue weighted by atomic mass is 79.9. The SMILES string of the molecule is CC(C)(C)CC(=O)c1ccc(Br)c(CN(Cc2ccccc2)C(=O)C2CC2)c1. The molecule has 0 atom stereocenters. The zero-order valence-corrected chi connectivity index (χ0v) is 18.5. The van der Waals surface area contributed by atoms with Gasteiger partial charge in [0.1, 0.15) is 0 Å². The molecule has 148 valence electrons. The van der Waals surface area contributed by atoms with Crippen LogP contribution in [0.25, 0.3) is 0 Å². The van der Waals surface area contributed by atoms with E-state index in [0.29, 0.717) is 25.1 Å². The average molecular weight is 442 g/mol. The van der Waals surface area contributed by atoms with E-state index in [1.54, 1.807) is 0 Å². The Hall–Kier alpha value is -1.94. The van der Waals surface area contributed by atoms with E-state index in [9.17, 15) is 9.59 Å². The fourth-order valence-corrected chi connectivity index (χ4v) is 3.63. The molecule has 0 bridgehead atoms. The number of Topliss-reactive ketones (excluding diaryl/α,β-unsaturated/α-hetero) is 1. The summed E-state index contributed by atoms with van der Waals surface area (Å²) in [6.45, 7) is 7.30. The number of benzene rings is 2. The second-order valence-corrected chi connectivity index (χ2v) is 9.78. The van der Waals surface area contributed by atoms with Gasteiger partial charge in [0.05, 0.1) is 0 Å². The fraction of sp³-hybridized carbons (Fsp3) is 0.417. The normalized spacial score (nSPS) is 14.0. The zero-order chi connectivity index (χ0) is 20.3. The second-order valence-electron chi connectivity index (χ2n) is 8.92. The third-order valence-electron chi connectivity index (χ3n) is 4.87. The molecule has 2 aromatic rings. The van der Waals surface area contributed by atoms with Crippen LogP contribution < -0.4 is 0 Å². The molecule has 0 aliphatic heterocycles. The molecule has 0 unspecified atom stereocenters. The maximum Gasteiger partial charge on any atom is 0.226 e. The molecule has 1 aliphatic carbocycles. The van der Waals surface area contributed by atoms with E-state index in [4.69, 9.17) is 0 Å². The number of halogens is 1. The van der Waals surface area contributed by atoms with Crippen molar-refractivity contribution < 1.29 is 9.59 Å². The summed E-state index contributed by atoms with van der Waals surface area (Å²) in [5.41, 5.74) is 2.76. The van der Waals surface area contributed by atoms with Crippen LogP contribution in [-0.2, 0) is 17.9 Å². The lowest BCUT2D eigenvalue weighted by Gasteiger charge is -2.24. The number of amides is 1. The molecule has 0 saturated heterocycles. The van der Waals surface area contributed by atoms with Gasteiger partial charge in [-0.3, -0.25) is 9.59 Å². The first-order valence-electron chi connectivity index (χ1n) is 9.87. The van der Waals surface area contributed by atoms with Crippen LogP contribution in [0, 0.1) is 11.3 Å². The van der Waals surface area contributed by atoms with Gasteiger partial charge in [-0.15, -0.1) is 0 Å². The Kier molecular flexibility index (Phi) is 6.39. The van der Waals surface area contributed by atoms with Crippen LogP contribution >= 0.6 is 15.9 Å². The standard InChI is InChI=1S/C24H28BrNO2/c1-24(2,3)14-22(27)19-11-12-21(25)20(13-19)16-26(23(28)18-9-10-18)15-17-7-5-4-6-8-17/h4-8,11-13,18H,9-10,14-16H2,1-3H3. The Bertz CT molecular complexity index is 851. The maximum absolute atomic E-state index is 12.9. The van der Waals surface area contributed by atoms with E-state index >= 15 is 0 Å². The van der Waals surface area contributed by atoms with Gasteiger partial charge in [0.25, 0.3) is 0 Å². The van der Waals surface area contributed by atoms with E-state index in [0.717, 1.165) is 28.4 Å². The van der Waals surface area contributed by atoms with Crippen molar-refractivity contribution in [3.8, 4) is 0 Å². The number of hydrogen-bond donors (Lipinski definition) is 0. The largest absolute Gasteiger partial charge is 0.334 e. The first-order valence-corrected chi connectivity index (χ1v) is 10.7. The van der Waals surface area contributed by atoms with Gasteiger partial charge in [-0.05, 0) is 41.5 Å². The molecule has 0 heterocycles. The molecule has 28 heavy (non-hydrogen) atoms. The molecule has 3 nitrogen and oxygen atoms in total. The van der Waals surface area contributed by atoms with Crippen molar-refractivity contribution in [2.24, 2.45) is 11.3 Å². The predicted octanol–water partition coefficient (Wildman–Crippen LogP) is 6.01. The van der Waals surface area contributed by atoms with Crippen molar-refractivity contribution in [1.82, 2.24) is 4.90 Å². The second kappa shape index (κ2) is 8.60. The number of nitrogens with zero attached hydrogens (tertiary/aromatic N) is 1. The lowest BCUT2D eigenvalue weighted by molar-refractivity contribution is -0.133. The van der Waals surface area contributed by atoms with Crippen LogP contribution in [0.2, 0.25) is 0 Å². The highest BCUT2D eigenvalue weighted by Crippen LogP contribution is 2.33. The molecule has 0 N–H and O–H groups in total. The van der Waals surface area contributed by atoms with Crippen molar-refractivity contribution in [3.05, 3.63) is 69.7 Å². The summed E-state index contributed by atoms with van der Waals surface area (Å²) < 4.78 is 0.932. The minimum atomic E-state index is -0.0500. The number of hydrogen-bond acceptors (Lipinski definition) is 2. The lowest BCUT2D eigenvalue weighted by atomic mass is 9.87. The highest BCUT2D eigenvalue weighted by Gasteiger charge is 2.33. The van der Waals surface area contributed by atoms with Gasteiger partial charge < -0.3 is 4.90 Å². The van der Waals surface area contributed by atoms with E-state index in [1.807, 2.05) is 53.4 Å². The topological polar surface area (TPSA) is 37.4 Å². The molecule has 1 saturated carbocycles. The van der Waals surface area contributed by atoms with Crippen molar-refractivity contribution >= 4 is 27.6 Å². The summed E-state index contributed by atoms with van der Waals surface area (Å²) in [5, 5.41) is 0. The van der Waals surface area contributed by atoms with Gasteiger partial charge >= 0.3 is 0 Å². The van der Waals surface area contributed by atoms with Crippen LogP contribution in [0.4, 0.5) is 0 Å². The van der Waals surface area contributed by atoms with Crippen LogP contribution in [0.5, 0.6) is 0 Å². The number of carbonyl (C=O) groups excluding carboxylic acids is 2. The van der Waals surface area contributed by atoms with Crippen LogP contribution in [0.15, 0.2) is 53.0 Å². The van der Waals surface area contributed by atoms with Gasteiger partial charge in [0, 0.05) is 35.5 Å². The van der Waals surface area contributed by atoms with Crippen molar-refractivity contribution in [3.63, 3.8) is 0 Å². The van der Waals surface area contributed by atoms with Crippen molar-refractivity contribution in [2.45, 2.75) is 53.1 Å². The summed E-state index contributed by atoms with van der Waals surface area (Å²) in [7, 11) is 0. The first kappa shape index (κ1) is 20.8. The summed E-state index contributed by atoms with van der Waals surface area (Å²) in [5.74, 6) is 0.514. The molecule has 1 aliphatic rings. The van der Waals surface area contributed by atoms with Crippen molar-refractivity contribution in [1.29, 1.82) is 0 Å². The van der Waals surface area contributed by atoms with Crippen molar-refractivity contribution in [2.75, 3.05) is 0 Å². The van der Waals surface area contributed by atoms with Gasteiger partial charge in [-0.25, -0.2) is 0 Å². The quantitative estimate of drug-likeness (QED) is 0.493. The molecule has 0 radical (unpaired) electrons. The van der Waals surface area contributed by atoms with E-state index in [2.05, 4.69) is 36.7 Å². The molecule has 0 aromatic heterocycles. The average Bonchev–Trinajstić information content (AvgIpc) is 3.47. The number of rotatable bonds is 7. The van der Waals surface area contributed by atoms with Crippen LogP contribution in [0.3, 0.4) is 0 Å². The van der Waals surface area contributed by atoms with E-state index in [1.165, 1.54) is 0 Å². The Morgan fingerprint density at radius 1 is 1.04 bits per heavy atom. The van der Waals surface area contributed by atoms with E-state index in [-0.39, 0.29) is 23.0 Å². The highest BCUT2D eigenvalue weighted by molar-refractivity contribution is 9.10. The molecular formula is C24H28BrNO2. The Morgan fingerprint density at radius 3 is 2.32 bits per heavy atom. The fourth-order valence-electron chi connectivity index (χ4n) is 3.26. The van der Waals surface area contributed by atoms with Gasteiger partial charge in [-0.2, -0.15) is 0 Å². The van der Waals surface area contributed by atoms with Crippen LogP contribution in [-0.4, -0.2) is 16.6 Å². The molecule has 2 aromatic carbocycles. The van der Waals surface area contributed by atoms with Gasteiger partial charge in [0.2, 0.25) is 5.91 Å². The van der Waals surface area contributed by atoms with Gasteiger partial charge in [0.15, 0.2) is 5.78 Å². The molecular weight excluding hydrogens is 414 g/mol. The Balaban J connectivity index is 1.82. The molecule has 1 fully saturated rings. The predicted molar refractivity (Wildman–Crippen MR) is 116 cm³/mol. The summed E-state index contributed by atoms with van der Waals surface area (Å²) in [4.78, 5) is 27.5. The summed E-state index contributed by atoms with van der Waals surface area (Å²) >= 11 is 3.61. The first-order chi connectivity index (χ1) is 13.2.